The summed E-state index contributed by atoms with van der Waals surface area (Å²) in [6.07, 6.45) is 15.4. The van der Waals surface area contributed by atoms with Crippen molar-refractivity contribution in [2.75, 3.05) is 0 Å². The Morgan fingerprint density at radius 1 is 0.929 bits per heavy atom. The Bertz CT molecular complexity index is 136. The highest BCUT2D eigenvalue weighted by Gasteiger charge is 2.26. The molecule has 0 bridgehead atoms. The van der Waals surface area contributed by atoms with Crippen LogP contribution < -0.4 is 0 Å². The molecule has 84 valence electrons. The van der Waals surface area contributed by atoms with Crippen LogP contribution in [0.5, 0.6) is 0 Å². The predicted molar refractivity (Wildman–Crippen MR) is 68.2 cm³/mol. The van der Waals surface area contributed by atoms with Crippen LogP contribution in [0.15, 0.2) is 0 Å². The molecule has 1 heteroatoms. The van der Waals surface area contributed by atoms with Gasteiger partial charge in [-0.1, -0.05) is 58.3 Å². The Morgan fingerprint density at radius 3 is 2.21 bits per heavy atom. The standard InChI is InChI=1S/C13H26S/c1-2-3-4-5-7-10-13(14)11-8-6-9-12-13/h14H,2-12H2,1H3. The first-order valence-corrected chi connectivity index (χ1v) is 6.94. The van der Waals surface area contributed by atoms with Crippen molar-refractivity contribution < 1.29 is 0 Å². The van der Waals surface area contributed by atoms with E-state index in [-0.39, 0.29) is 0 Å². The van der Waals surface area contributed by atoms with E-state index < -0.39 is 0 Å². The molecule has 0 amide bonds. The highest BCUT2D eigenvalue weighted by molar-refractivity contribution is 7.81. The smallest absolute Gasteiger partial charge is 0.0130 e. The summed E-state index contributed by atoms with van der Waals surface area (Å²) in [5, 5.41) is 0. The van der Waals surface area contributed by atoms with Crippen LogP contribution in [-0.4, -0.2) is 4.75 Å². The van der Waals surface area contributed by atoms with E-state index in [1.165, 1.54) is 70.6 Å². The highest BCUT2D eigenvalue weighted by atomic mass is 32.1. The molecular weight excluding hydrogens is 188 g/mol. The fourth-order valence-electron chi connectivity index (χ4n) is 2.52. The lowest BCUT2D eigenvalue weighted by Crippen LogP contribution is -2.24. The molecule has 0 N–H and O–H groups in total. The van der Waals surface area contributed by atoms with Crippen molar-refractivity contribution in [3.63, 3.8) is 0 Å². The Labute approximate surface area is 95.3 Å². The van der Waals surface area contributed by atoms with Crippen molar-refractivity contribution in [3.05, 3.63) is 0 Å². The van der Waals surface area contributed by atoms with Gasteiger partial charge in [-0.25, -0.2) is 0 Å². The SMILES string of the molecule is CCCCCCCC1(S)CCCCC1. The molecule has 0 aromatic carbocycles. The van der Waals surface area contributed by atoms with Crippen LogP contribution in [0.3, 0.4) is 0 Å². The van der Waals surface area contributed by atoms with Crippen molar-refractivity contribution >= 4 is 12.6 Å². The Balaban J connectivity index is 2.03. The summed E-state index contributed by atoms with van der Waals surface area (Å²) in [6.45, 7) is 2.28. The second-order valence-corrected chi connectivity index (χ2v) is 5.90. The number of hydrogen-bond donors (Lipinski definition) is 1. The van der Waals surface area contributed by atoms with E-state index in [0.29, 0.717) is 4.75 Å². The van der Waals surface area contributed by atoms with E-state index in [9.17, 15) is 0 Å². The molecule has 14 heavy (non-hydrogen) atoms. The summed E-state index contributed by atoms with van der Waals surface area (Å²) in [5.74, 6) is 0. The lowest BCUT2D eigenvalue weighted by atomic mass is 9.84. The van der Waals surface area contributed by atoms with Gasteiger partial charge in [-0.3, -0.25) is 0 Å². The first-order valence-electron chi connectivity index (χ1n) is 6.49. The van der Waals surface area contributed by atoms with Gasteiger partial charge in [-0.05, 0) is 19.3 Å². The van der Waals surface area contributed by atoms with Crippen LogP contribution in [0.1, 0.15) is 77.6 Å². The third-order valence-electron chi connectivity index (χ3n) is 3.53. The molecule has 1 aliphatic rings. The van der Waals surface area contributed by atoms with Crippen molar-refractivity contribution in [2.24, 2.45) is 0 Å². The summed E-state index contributed by atoms with van der Waals surface area (Å²) in [5.41, 5.74) is 0. The van der Waals surface area contributed by atoms with Crippen LogP contribution in [0.25, 0.3) is 0 Å². The molecule has 1 aliphatic carbocycles. The highest BCUT2D eigenvalue weighted by Crippen LogP contribution is 2.37. The van der Waals surface area contributed by atoms with Gasteiger partial charge in [0.25, 0.3) is 0 Å². The van der Waals surface area contributed by atoms with Gasteiger partial charge in [0.15, 0.2) is 0 Å². The third-order valence-corrected chi connectivity index (χ3v) is 4.20. The van der Waals surface area contributed by atoms with E-state index in [1.54, 1.807) is 0 Å². The first-order chi connectivity index (χ1) is 6.77. The lowest BCUT2D eigenvalue weighted by Gasteiger charge is -2.32. The molecule has 1 rings (SSSR count). The van der Waals surface area contributed by atoms with E-state index in [1.807, 2.05) is 0 Å². The van der Waals surface area contributed by atoms with Gasteiger partial charge in [-0.2, -0.15) is 12.6 Å². The molecule has 0 aliphatic heterocycles. The molecule has 0 atom stereocenters. The molecule has 0 radical (unpaired) electrons. The Kier molecular flexibility index (Phi) is 6.00. The largest absolute Gasteiger partial charge is 0.173 e. The molecule has 0 saturated heterocycles. The molecule has 0 heterocycles. The second-order valence-electron chi connectivity index (χ2n) is 4.95. The van der Waals surface area contributed by atoms with Crippen molar-refractivity contribution in [1.29, 1.82) is 0 Å². The number of hydrogen-bond acceptors (Lipinski definition) is 1. The van der Waals surface area contributed by atoms with E-state index >= 15 is 0 Å². The van der Waals surface area contributed by atoms with E-state index in [2.05, 4.69) is 6.92 Å². The lowest BCUT2D eigenvalue weighted by molar-refractivity contribution is 0.368. The molecule has 0 unspecified atom stereocenters. The van der Waals surface area contributed by atoms with Crippen LogP contribution >= 0.6 is 12.6 Å². The third kappa shape index (κ3) is 4.72. The van der Waals surface area contributed by atoms with Crippen LogP contribution in [0, 0.1) is 0 Å². The average molecular weight is 214 g/mol. The number of rotatable bonds is 6. The summed E-state index contributed by atoms with van der Waals surface area (Å²) in [4.78, 5) is 0. The zero-order valence-corrected chi connectivity index (χ0v) is 10.6. The Morgan fingerprint density at radius 2 is 1.57 bits per heavy atom. The van der Waals surface area contributed by atoms with Crippen molar-refractivity contribution in [1.82, 2.24) is 0 Å². The zero-order chi connectivity index (χ0) is 10.3. The van der Waals surface area contributed by atoms with Gasteiger partial charge < -0.3 is 0 Å². The molecule has 0 aromatic rings. The summed E-state index contributed by atoms with van der Waals surface area (Å²) >= 11 is 4.88. The maximum atomic E-state index is 4.88. The number of unbranched alkanes of at least 4 members (excludes halogenated alkanes) is 4. The van der Waals surface area contributed by atoms with Gasteiger partial charge in [-0.15, -0.1) is 0 Å². The summed E-state index contributed by atoms with van der Waals surface area (Å²) in [7, 11) is 0. The fraction of sp³-hybridized carbons (Fsp3) is 1.00. The summed E-state index contributed by atoms with van der Waals surface area (Å²) < 4.78 is 0.421. The molecule has 0 aromatic heterocycles. The molecular formula is C13H26S. The quantitative estimate of drug-likeness (QED) is 0.468. The first kappa shape index (κ1) is 12.4. The maximum absolute atomic E-state index is 4.88. The van der Waals surface area contributed by atoms with Gasteiger partial charge >= 0.3 is 0 Å². The minimum absolute atomic E-state index is 0.421. The monoisotopic (exact) mass is 214 g/mol. The molecule has 0 spiro atoms. The van der Waals surface area contributed by atoms with Crippen LogP contribution in [-0.2, 0) is 0 Å². The minimum Gasteiger partial charge on any atom is -0.173 e. The fourth-order valence-corrected chi connectivity index (χ4v) is 2.99. The maximum Gasteiger partial charge on any atom is 0.0130 e. The zero-order valence-electron chi connectivity index (χ0n) is 9.73. The normalized spacial score (nSPS) is 21.0. The average Bonchev–Trinajstić information content (AvgIpc) is 2.18. The van der Waals surface area contributed by atoms with E-state index in [0.717, 1.165) is 0 Å². The molecule has 1 saturated carbocycles. The summed E-state index contributed by atoms with van der Waals surface area (Å²) in [6, 6.07) is 0. The van der Waals surface area contributed by atoms with Crippen LogP contribution in [0.4, 0.5) is 0 Å². The minimum atomic E-state index is 0.421. The van der Waals surface area contributed by atoms with Crippen LogP contribution in [0.2, 0.25) is 0 Å². The molecule has 0 nitrogen and oxygen atoms in total. The van der Waals surface area contributed by atoms with E-state index in [4.69, 9.17) is 12.6 Å². The van der Waals surface area contributed by atoms with Gasteiger partial charge in [0.1, 0.15) is 0 Å². The van der Waals surface area contributed by atoms with Crippen molar-refractivity contribution in [3.8, 4) is 0 Å². The van der Waals surface area contributed by atoms with Crippen molar-refractivity contribution in [2.45, 2.75) is 82.3 Å². The molecule has 1 fully saturated rings. The second kappa shape index (κ2) is 6.76. The Hall–Kier alpha value is 0.350. The van der Waals surface area contributed by atoms with Gasteiger partial charge in [0.05, 0.1) is 0 Å². The topological polar surface area (TPSA) is 0 Å². The number of thiol groups is 1. The van der Waals surface area contributed by atoms with Gasteiger partial charge in [0.2, 0.25) is 0 Å². The predicted octanol–water partition coefficient (Wildman–Crippen LogP) is 4.98. The van der Waals surface area contributed by atoms with Gasteiger partial charge in [0, 0.05) is 4.75 Å².